The Morgan fingerprint density at radius 1 is 1.20 bits per heavy atom. The Hall–Kier alpha value is -3.14. The van der Waals surface area contributed by atoms with Gasteiger partial charge >= 0.3 is 6.03 Å². The van der Waals surface area contributed by atoms with Gasteiger partial charge in [0.2, 0.25) is 5.91 Å². The van der Waals surface area contributed by atoms with Crippen LogP contribution in [0.2, 0.25) is 0 Å². The standard InChI is InChI=1S/C21H23N3O6/c22-20(27)19-16-7-6-15(29-12-14(26)10-25)8-17(16)18-9-23(19)21(28)24(18)30-11-13-4-2-1-3-5-13/h1-8,14,18-19,25-26H,9-12H2,(H2,22,27)/t14?,18-,19+/m0/s1. The van der Waals surface area contributed by atoms with E-state index in [1.807, 2.05) is 30.3 Å². The van der Waals surface area contributed by atoms with Crippen molar-refractivity contribution in [3.05, 3.63) is 65.2 Å². The Morgan fingerprint density at radius 3 is 2.67 bits per heavy atom. The van der Waals surface area contributed by atoms with Crippen molar-refractivity contribution in [1.82, 2.24) is 9.96 Å². The monoisotopic (exact) mass is 413 g/mol. The molecule has 9 heteroatoms. The van der Waals surface area contributed by atoms with Gasteiger partial charge < -0.3 is 25.6 Å². The highest BCUT2D eigenvalue weighted by molar-refractivity contribution is 5.90. The zero-order valence-corrected chi connectivity index (χ0v) is 16.2. The van der Waals surface area contributed by atoms with Gasteiger partial charge in [0.1, 0.15) is 37.2 Å². The van der Waals surface area contributed by atoms with Crippen LogP contribution in [-0.4, -0.2) is 58.0 Å². The highest BCUT2D eigenvalue weighted by atomic mass is 16.7. The van der Waals surface area contributed by atoms with E-state index in [-0.39, 0.29) is 19.8 Å². The van der Waals surface area contributed by atoms with Gasteiger partial charge in [-0.15, -0.1) is 0 Å². The quantitative estimate of drug-likeness (QED) is 0.590. The van der Waals surface area contributed by atoms with Crippen LogP contribution in [0.5, 0.6) is 5.75 Å². The van der Waals surface area contributed by atoms with Gasteiger partial charge in [0, 0.05) is 0 Å². The lowest BCUT2D eigenvalue weighted by Crippen LogP contribution is -2.41. The number of hydrogen-bond donors (Lipinski definition) is 3. The van der Waals surface area contributed by atoms with Crippen LogP contribution in [0.4, 0.5) is 4.79 Å². The van der Waals surface area contributed by atoms with Crippen molar-refractivity contribution in [2.75, 3.05) is 19.8 Å². The number of nitrogens with zero attached hydrogens (tertiary/aromatic N) is 2. The number of aliphatic hydroxyl groups is 2. The molecule has 1 fully saturated rings. The predicted molar refractivity (Wildman–Crippen MR) is 105 cm³/mol. The van der Waals surface area contributed by atoms with Crippen LogP contribution in [0.15, 0.2) is 48.5 Å². The Bertz CT molecular complexity index is 938. The molecule has 3 atom stereocenters. The highest BCUT2D eigenvalue weighted by Crippen LogP contribution is 2.45. The number of urea groups is 1. The fourth-order valence-corrected chi connectivity index (χ4v) is 3.80. The van der Waals surface area contributed by atoms with E-state index in [4.69, 9.17) is 20.4 Å². The molecule has 3 amide bonds. The summed E-state index contributed by atoms with van der Waals surface area (Å²) in [5.41, 5.74) is 7.83. The van der Waals surface area contributed by atoms with E-state index in [1.54, 1.807) is 18.2 Å². The maximum Gasteiger partial charge on any atom is 0.345 e. The number of carbonyl (C=O) groups excluding carboxylic acids is 2. The van der Waals surface area contributed by atoms with Crippen LogP contribution in [0.1, 0.15) is 28.8 Å². The molecule has 2 aromatic carbocycles. The summed E-state index contributed by atoms with van der Waals surface area (Å²) < 4.78 is 5.53. The van der Waals surface area contributed by atoms with Crippen molar-refractivity contribution in [3.63, 3.8) is 0 Å². The summed E-state index contributed by atoms with van der Waals surface area (Å²) in [5, 5.41) is 19.8. The molecule has 0 aromatic heterocycles. The van der Waals surface area contributed by atoms with Gasteiger partial charge in [0.05, 0.1) is 13.2 Å². The first kappa shape index (κ1) is 20.1. The zero-order valence-electron chi connectivity index (χ0n) is 16.2. The van der Waals surface area contributed by atoms with Crippen molar-refractivity contribution in [3.8, 4) is 5.75 Å². The molecule has 0 saturated carbocycles. The van der Waals surface area contributed by atoms with Gasteiger partial charge in [-0.3, -0.25) is 9.63 Å². The first-order valence-electron chi connectivity index (χ1n) is 9.61. The maximum atomic E-state index is 13.0. The molecule has 9 nitrogen and oxygen atoms in total. The maximum absolute atomic E-state index is 13.0. The molecule has 0 spiro atoms. The lowest BCUT2D eigenvalue weighted by atomic mass is 9.90. The second-order valence-electron chi connectivity index (χ2n) is 7.28. The van der Waals surface area contributed by atoms with E-state index in [9.17, 15) is 14.7 Å². The smallest absolute Gasteiger partial charge is 0.345 e. The summed E-state index contributed by atoms with van der Waals surface area (Å²) in [5.74, 6) is -0.183. The van der Waals surface area contributed by atoms with Gasteiger partial charge in [-0.2, -0.15) is 5.06 Å². The molecule has 158 valence electrons. The summed E-state index contributed by atoms with van der Waals surface area (Å²) in [6.07, 6.45) is -1.01. The summed E-state index contributed by atoms with van der Waals surface area (Å²) in [7, 11) is 0. The number of carbonyl (C=O) groups is 2. The van der Waals surface area contributed by atoms with Gasteiger partial charge in [0.25, 0.3) is 0 Å². The second-order valence-corrected chi connectivity index (χ2v) is 7.28. The minimum atomic E-state index is -1.01. The summed E-state index contributed by atoms with van der Waals surface area (Å²) in [4.78, 5) is 32.4. The zero-order chi connectivity index (χ0) is 21.3. The molecule has 0 aliphatic carbocycles. The van der Waals surface area contributed by atoms with E-state index in [1.165, 1.54) is 9.96 Å². The van der Waals surface area contributed by atoms with Gasteiger partial charge in [-0.1, -0.05) is 36.4 Å². The Kier molecular flexibility index (Phi) is 5.58. The number of benzene rings is 2. The molecule has 4 rings (SSSR count). The number of primary amides is 1. The number of aliphatic hydroxyl groups excluding tert-OH is 2. The third-order valence-electron chi connectivity index (χ3n) is 5.25. The molecule has 0 radical (unpaired) electrons. The van der Waals surface area contributed by atoms with Crippen LogP contribution in [-0.2, 0) is 16.2 Å². The van der Waals surface area contributed by atoms with Crippen molar-refractivity contribution in [2.45, 2.75) is 24.8 Å². The molecular weight excluding hydrogens is 390 g/mol. The Labute approximate surface area is 173 Å². The van der Waals surface area contributed by atoms with Crippen LogP contribution < -0.4 is 10.5 Å². The lowest BCUT2D eigenvalue weighted by molar-refractivity contribution is -0.141. The number of hydrogen-bond acceptors (Lipinski definition) is 6. The minimum absolute atomic E-state index is 0.0848. The minimum Gasteiger partial charge on any atom is -0.491 e. The lowest BCUT2D eigenvalue weighted by Gasteiger charge is -2.31. The topological polar surface area (TPSA) is 126 Å². The van der Waals surface area contributed by atoms with Crippen molar-refractivity contribution < 1.29 is 29.4 Å². The largest absolute Gasteiger partial charge is 0.491 e. The van der Waals surface area contributed by atoms with Crippen LogP contribution in [0.3, 0.4) is 0 Å². The number of ether oxygens (including phenoxy) is 1. The molecule has 2 aromatic rings. The normalized spacial score (nSPS) is 20.8. The predicted octanol–water partition coefficient (Wildman–Crippen LogP) is 0.869. The van der Waals surface area contributed by atoms with Crippen LogP contribution in [0, 0.1) is 0 Å². The average Bonchev–Trinajstić information content (AvgIpc) is 3.03. The average molecular weight is 413 g/mol. The fraction of sp³-hybridized carbons (Fsp3) is 0.333. The van der Waals surface area contributed by atoms with E-state index in [2.05, 4.69) is 0 Å². The first-order valence-corrected chi connectivity index (χ1v) is 9.61. The molecule has 2 bridgehead atoms. The van der Waals surface area contributed by atoms with E-state index in [0.717, 1.165) is 5.56 Å². The molecule has 30 heavy (non-hydrogen) atoms. The van der Waals surface area contributed by atoms with Crippen molar-refractivity contribution in [1.29, 1.82) is 0 Å². The van der Waals surface area contributed by atoms with Gasteiger partial charge in [0.15, 0.2) is 0 Å². The third kappa shape index (κ3) is 3.70. The fourth-order valence-electron chi connectivity index (χ4n) is 3.80. The van der Waals surface area contributed by atoms with E-state index < -0.39 is 36.7 Å². The molecular formula is C21H23N3O6. The SMILES string of the molecule is NC(=O)[C@H]1c2ccc(OCC(O)CO)cc2[C@@H]2CN1C(=O)N2OCc1ccccc1. The molecule has 1 saturated heterocycles. The van der Waals surface area contributed by atoms with Crippen LogP contribution in [0.25, 0.3) is 0 Å². The summed E-state index contributed by atoms with van der Waals surface area (Å²) in [6, 6.07) is 12.8. The van der Waals surface area contributed by atoms with Gasteiger partial charge in [-0.25, -0.2) is 4.79 Å². The molecule has 4 N–H and O–H groups in total. The summed E-state index contributed by atoms with van der Waals surface area (Å²) in [6.45, 7) is -0.0380. The number of fused-ring (bicyclic) bond motifs is 4. The Balaban J connectivity index is 1.62. The number of amides is 3. The number of rotatable bonds is 8. The third-order valence-corrected chi connectivity index (χ3v) is 5.25. The van der Waals surface area contributed by atoms with Crippen molar-refractivity contribution >= 4 is 11.9 Å². The van der Waals surface area contributed by atoms with E-state index >= 15 is 0 Å². The van der Waals surface area contributed by atoms with Gasteiger partial charge in [-0.05, 0) is 28.8 Å². The highest BCUT2D eigenvalue weighted by Gasteiger charge is 2.50. The van der Waals surface area contributed by atoms with Crippen LogP contribution >= 0.6 is 0 Å². The molecule has 2 aliphatic rings. The second kappa shape index (κ2) is 8.31. The molecule has 2 heterocycles. The molecule has 2 aliphatic heterocycles. The molecule has 1 unspecified atom stereocenters. The Morgan fingerprint density at radius 2 is 1.97 bits per heavy atom. The number of nitrogens with two attached hydrogens (primary N) is 1. The van der Waals surface area contributed by atoms with Crippen molar-refractivity contribution in [2.24, 2.45) is 5.73 Å². The number of hydroxylamine groups is 2. The van der Waals surface area contributed by atoms with E-state index in [0.29, 0.717) is 16.9 Å². The first-order chi connectivity index (χ1) is 14.5. The summed E-state index contributed by atoms with van der Waals surface area (Å²) >= 11 is 0.